The minimum Gasteiger partial charge on any atom is -0.352 e. The van der Waals surface area contributed by atoms with Crippen LogP contribution in [0.4, 0.5) is 4.79 Å². The van der Waals surface area contributed by atoms with Crippen LogP contribution in [0.15, 0.2) is 47.8 Å². The first-order valence-electron chi connectivity index (χ1n) is 9.03. The Hall–Kier alpha value is -2.34. The van der Waals surface area contributed by atoms with Crippen LogP contribution in [0, 0.1) is 5.92 Å². The highest BCUT2D eigenvalue weighted by atomic mass is 32.1. The highest BCUT2D eigenvalue weighted by Gasteiger charge is 2.26. The molecule has 0 saturated carbocycles. The molecular weight excluding hydrogens is 346 g/mol. The van der Waals surface area contributed by atoms with Crippen molar-refractivity contribution in [1.29, 1.82) is 0 Å². The fourth-order valence-corrected chi connectivity index (χ4v) is 4.30. The third-order valence-corrected chi connectivity index (χ3v) is 5.90. The number of amides is 3. The molecule has 6 heteroatoms. The van der Waals surface area contributed by atoms with Crippen LogP contribution in [-0.2, 0) is 11.2 Å². The van der Waals surface area contributed by atoms with Crippen molar-refractivity contribution in [2.24, 2.45) is 11.7 Å². The van der Waals surface area contributed by atoms with Crippen LogP contribution in [0.2, 0.25) is 0 Å². The summed E-state index contributed by atoms with van der Waals surface area (Å²) in [6, 6.07) is 13.4. The number of carbonyl (C=O) groups is 2. The molecule has 0 bridgehead atoms. The molecule has 0 aliphatic carbocycles. The summed E-state index contributed by atoms with van der Waals surface area (Å²) in [5.74, 6) is 0.702. The van der Waals surface area contributed by atoms with Gasteiger partial charge >= 0.3 is 6.03 Å². The van der Waals surface area contributed by atoms with E-state index in [0.717, 1.165) is 37.2 Å². The van der Waals surface area contributed by atoms with Crippen LogP contribution < -0.4 is 11.1 Å². The van der Waals surface area contributed by atoms with E-state index >= 15 is 0 Å². The third kappa shape index (κ3) is 5.08. The Morgan fingerprint density at radius 1 is 1.15 bits per heavy atom. The lowest BCUT2D eigenvalue weighted by molar-refractivity contribution is -0.133. The molecular formula is C20H25N3O2S. The number of nitrogens with zero attached hydrogens (tertiary/aromatic N) is 1. The van der Waals surface area contributed by atoms with Crippen LogP contribution in [0.5, 0.6) is 0 Å². The number of carbonyl (C=O) groups excluding carboxylic acids is 2. The largest absolute Gasteiger partial charge is 0.352 e. The molecule has 2 aromatic rings. The van der Waals surface area contributed by atoms with E-state index in [1.165, 1.54) is 16.9 Å². The van der Waals surface area contributed by atoms with Gasteiger partial charge in [-0.1, -0.05) is 36.4 Å². The Balaban J connectivity index is 1.51. The molecule has 2 heterocycles. The molecule has 26 heavy (non-hydrogen) atoms. The van der Waals surface area contributed by atoms with Crippen LogP contribution in [-0.4, -0.2) is 29.9 Å². The molecule has 3 rings (SSSR count). The molecule has 1 aliphatic rings. The predicted molar refractivity (Wildman–Crippen MR) is 104 cm³/mol. The van der Waals surface area contributed by atoms with Gasteiger partial charge < -0.3 is 16.0 Å². The summed E-state index contributed by atoms with van der Waals surface area (Å²) in [6.45, 7) is 1.56. The lowest BCUT2D eigenvalue weighted by atomic mass is 9.90. The second-order valence-corrected chi connectivity index (χ2v) is 7.77. The van der Waals surface area contributed by atoms with Crippen molar-refractivity contribution in [3.8, 4) is 0 Å². The van der Waals surface area contributed by atoms with Crippen molar-refractivity contribution in [2.75, 3.05) is 13.1 Å². The normalized spacial score (nSPS) is 16.2. The van der Waals surface area contributed by atoms with Crippen LogP contribution in [0.3, 0.4) is 0 Å². The number of hydrogen-bond donors (Lipinski definition) is 2. The van der Waals surface area contributed by atoms with E-state index in [1.54, 1.807) is 0 Å². The van der Waals surface area contributed by atoms with Gasteiger partial charge in [0.15, 0.2) is 0 Å². The van der Waals surface area contributed by atoms with Gasteiger partial charge in [0.2, 0.25) is 5.91 Å². The number of nitrogens with one attached hydrogen (secondary N) is 1. The molecule has 1 fully saturated rings. The Kier molecular flexibility index (Phi) is 6.28. The van der Waals surface area contributed by atoms with E-state index in [1.807, 2.05) is 28.5 Å². The average molecular weight is 372 g/mol. The zero-order valence-corrected chi connectivity index (χ0v) is 15.6. The lowest BCUT2D eigenvalue weighted by Gasteiger charge is -2.33. The summed E-state index contributed by atoms with van der Waals surface area (Å²) in [4.78, 5) is 26.8. The van der Waals surface area contributed by atoms with E-state index < -0.39 is 6.03 Å². The quantitative estimate of drug-likeness (QED) is 0.817. The fraction of sp³-hybridized carbons (Fsp3) is 0.400. The van der Waals surface area contributed by atoms with Gasteiger partial charge in [0, 0.05) is 18.0 Å². The van der Waals surface area contributed by atoms with Crippen molar-refractivity contribution < 1.29 is 9.59 Å². The first-order chi connectivity index (χ1) is 12.6. The summed E-state index contributed by atoms with van der Waals surface area (Å²) in [5, 5.41) is 4.63. The second kappa shape index (κ2) is 8.85. The maximum Gasteiger partial charge on any atom is 0.312 e. The van der Waals surface area contributed by atoms with Crippen LogP contribution in [0.1, 0.15) is 35.7 Å². The van der Waals surface area contributed by atoms with Gasteiger partial charge in [-0.2, -0.15) is 0 Å². The lowest BCUT2D eigenvalue weighted by Crippen LogP contribution is -2.41. The van der Waals surface area contributed by atoms with Gasteiger partial charge in [0.25, 0.3) is 0 Å². The topological polar surface area (TPSA) is 75.4 Å². The smallest absolute Gasteiger partial charge is 0.312 e. The van der Waals surface area contributed by atoms with Gasteiger partial charge in [-0.15, -0.1) is 11.3 Å². The van der Waals surface area contributed by atoms with Crippen molar-refractivity contribution in [3.05, 3.63) is 58.3 Å². The number of primary amides is 1. The molecule has 1 aliphatic heterocycles. The highest BCUT2D eigenvalue weighted by Crippen LogP contribution is 2.26. The van der Waals surface area contributed by atoms with Crippen LogP contribution in [0.25, 0.3) is 0 Å². The van der Waals surface area contributed by atoms with E-state index in [-0.39, 0.29) is 18.4 Å². The van der Waals surface area contributed by atoms with Gasteiger partial charge in [-0.05, 0) is 42.2 Å². The van der Waals surface area contributed by atoms with Crippen molar-refractivity contribution in [3.63, 3.8) is 0 Å². The monoisotopic (exact) mass is 371 g/mol. The van der Waals surface area contributed by atoms with Gasteiger partial charge in [0.05, 0.1) is 12.5 Å². The molecule has 1 unspecified atom stereocenters. The van der Waals surface area contributed by atoms with E-state index in [4.69, 9.17) is 5.73 Å². The molecule has 3 amide bonds. The highest BCUT2D eigenvalue weighted by molar-refractivity contribution is 7.10. The maximum atomic E-state index is 12.7. The van der Waals surface area contributed by atoms with Gasteiger partial charge in [-0.3, -0.25) is 4.79 Å². The summed E-state index contributed by atoms with van der Waals surface area (Å²) in [5.41, 5.74) is 6.64. The average Bonchev–Trinajstić information content (AvgIpc) is 3.17. The summed E-state index contributed by atoms with van der Waals surface area (Å²) in [7, 11) is 0. The van der Waals surface area contributed by atoms with Gasteiger partial charge in [0.1, 0.15) is 0 Å². The Morgan fingerprint density at radius 3 is 2.50 bits per heavy atom. The number of piperidine rings is 1. The SMILES string of the molecule is NC(=O)NC(CC(=O)N1CCC(Cc2ccccc2)CC1)c1cccs1. The molecule has 3 N–H and O–H groups in total. The Bertz CT molecular complexity index is 710. The number of likely N-dealkylation sites (tertiary alicyclic amines) is 1. The number of hydrogen-bond acceptors (Lipinski definition) is 3. The molecule has 138 valence electrons. The summed E-state index contributed by atoms with van der Waals surface area (Å²) < 4.78 is 0. The third-order valence-electron chi connectivity index (χ3n) is 4.92. The first-order valence-corrected chi connectivity index (χ1v) is 9.91. The molecule has 1 aromatic carbocycles. The number of rotatable bonds is 6. The van der Waals surface area contributed by atoms with Crippen molar-refractivity contribution >= 4 is 23.3 Å². The second-order valence-electron chi connectivity index (χ2n) is 6.79. The van der Waals surface area contributed by atoms with Crippen molar-refractivity contribution in [1.82, 2.24) is 10.2 Å². The summed E-state index contributed by atoms with van der Waals surface area (Å²) >= 11 is 1.52. The predicted octanol–water partition coefficient (Wildman–Crippen LogP) is 3.33. The Morgan fingerprint density at radius 2 is 1.88 bits per heavy atom. The van der Waals surface area contributed by atoms with E-state index in [0.29, 0.717) is 5.92 Å². The molecule has 0 spiro atoms. The van der Waals surface area contributed by atoms with Crippen LogP contribution >= 0.6 is 11.3 Å². The molecule has 1 saturated heterocycles. The number of thiophene rings is 1. The molecule has 0 radical (unpaired) electrons. The summed E-state index contributed by atoms with van der Waals surface area (Å²) in [6.07, 6.45) is 3.37. The standard InChI is InChI=1S/C20H25N3O2S/c21-20(25)22-17(18-7-4-12-26-18)14-19(24)23-10-8-16(9-11-23)13-15-5-2-1-3-6-15/h1-7,12,16-17H,8-11,13-14H2,(H3,21,22,25). The van der Waals surface area contributed by atoms with Gasteiger partial charge in [-0.25, -0.2) is 4.79 Å². The minimum absolute atomic E-state index is 0.0790. The minimum atomic E-state index is -0.599. The molecule has 5 nitrogen and oxygen atoms in total. The molecule has 1 atom stereocenters. The maximum absolute atomic E-state index is 12.7. The fourth-order valence-electron chi connectivity index (χ4n) is 3.52. The first kappa shape index (κ1) is 18.5. The number of urea groups is 1. The zero-order chi connectivity index (χ0) is 18.4. The number of benzene rings is 1. The number of nitrogens with two attached hydrogens (primary N) is 1. The molecule has 1 aromatic heterocycles. The van der Waals surface area contributed by atoms with Crippen molar-refractivity contribution in [2.45, 2.75) is 31.7 Å². The Labute approximate surface area is 158 Å². The van der Waals surface area contributed by atoms with E-state index in [9.17, 15) is 9.59 Å². The van der Waals surface area contributed by atoms with E-state index in [2.05, 4.69) is 29.6 Å². The zero-order valence-electron chi connectivity index (χ0n) is 14.8.